The fraction of sp³-hybridized carbons (Fsp3) is 0.300. The average Bonchev–Trinajstić information content (AvgIpc) is 3.35. The van der Waals surface area contributed by atoms with Gasteiger partial charge in [-0.1, -0.05) is 41.6 Å². The molecular formula is C30H33FN6O. The highest BCUT2D eigenvalue weighted by Crippen LogP contribution is 2.31. The van der Waals surface area contributed by atoms with Gasteiger partial charge in [0.15, 0.2) is 0 Å². The van der Waals surface area contributed by atoms with Crippen molar-refractivity contribution in [3.63, 3.8) is 0 Å². The summed E-state index contributed by atoms with van der Waals surface area (Å²) in [7, 11) is 1.66. The largest absolute Gasteiger partial charge is 0.311 e. The van der Waals surface area contributed by atoms with E-state index in [0.717, 1.165) is 36.2 Å². The molecule has 1 aromatic heterocycles. The number of amides is 1. The molecule has 0 N–H and O–H groups in total. The van der Waals surface area contributed by atoms with Crippen molar-refractivity contribution in [3.8, 4) is 0 Å². The van der Waals surface area contributed by atoms with Gasteiger partial charge >= 0.3 is 0 Å². The van der Waals surface area contributed by atoms with Gasteiger partial charge in [-0.05, 0) is 61.9 Å². The maximum absolute atomic E-state index is 13.8. The molecule has 1 aliphatic rings. The van der Waals surface area contributed by atoms with Crippen LogP contribution < -0.4 is 4.90 Å². The Hall–Kier alpha value is -3.88. The highest BCUT2D eigenvalue weighted by atomic mass is 19.1. The van der Waals surface area contributed by atoms with Crippen LogP contribution >= 0.6 is 0 Å². The molecule has 5 rings (SSSR count). The first kappa shape index (κ1) is 25.8. The molecule has 2 heterocycles. The number of benzene rings is 3. The fourth-order valence-corrected chi connectivity index (χ4v) is 5.35. The molecule has 1 aliphatic heterocycles. The molecule has 0 saturated carbocycles. The minimum absolute atomic E-state index is 0.211. The zero-order chi connectivity index (χ0) is 26.8. The van der Waals surface area contributed by atoms with Gasteiger partial charge in [-0.15, -0.1) is 11.7 Å². The Morgan fingerprint density at radius 1 is 1.08 bits per heavy atom. The van der Waals surface area contributed by atoms with Crippen molar-refractivity contribution in [2.24, 2.45) is 0 Å². The van der Waals surface area contributed by atoms with E-state index in [9.17, 15) is 9.18 Å². The van der Waals surface area contributed by atoms with E-state index in [1.165, 1.54) is 17.0 Å². The van der Waals surface area contributed by atoms with E-state index >= 15 is 0 Å². The smallest absolute Gasteiger partial charge is 0.258 e. The van der Waals surface area contributed by atoms with Crippen LogP contribution in [0.2, 0.25) is 0 Å². The van der Waals surface area contributed by atoms with Gasteiger partial charge in [0.05, 0.1) is 5.52 Å². The Morgan fingerprint density at radius 3 is 2.66 bits per heavy atom. The number of carbonyl (C=O) groups excluding carboxylic acids is 1. The Balaban J connectivity index is 1.55. The number of fused-ring (bicyclic) bond motifs is 1. The van der Waals surface area contributed by atoms with Crippen LogP contribution in [0.5, 0.6) is 0 Å². The lowest BCUT2D eigenvalue weighted by atomic mass is 10.0. The normalized spacial score (nSPS) is 19.4. The number of para-hydroxylation sites is 1. The topological polar surface area (TPSA) is 57.5 Å². The van der Waals surface area contributed by atoms with E-state index in [4.69, 9.17) is 0 Å². The molecule has 7 nitrogen and oxygen atoms in total. The van der Waals surface area contributed by atoms with Crippen molar-refractivity contribution in [1.29, 1.82) is 0 Å². The minimum Gasteiger partial charge on any atom is -0.311 e. The maximum Gasteiger partial charge on any atom is 0.258 e. The summed E-state index contributed by atoms with van der Waals surface area (Å²) in [6.45, 7) is 10.9. The third-order valence-corrected chi connectivity index (χ3v) is 7.38. The van der Waals surface area contributed by atoms with E-state index in [1.54, 1.807) is 25.2 Å². The molecule has 0 bridgehead atoms. The highest BCUT2D eigenvalue weighted by molar-refractivity contribution is 6.05. The quantitative estimate of drug-likeness (QED) is 0.327. The molecule has 196 valence electrons. The maximum atomic E-state index is 13.8. The number of hydrogen-bond donors (Lipinski definition) is 0. The summed E-state index contributed by atoms with van der Waals surface area (Å²) < 4.78 is 15.8. The summed E-state index contributed by atoms with van der Waals surface area (Å²) in [4.78, 5) is 19.8. The molecular weight excluding hydrogens is 479 g/mol. The number of aromatic nitrogens is 3. The zero-order valence-electron chi connectivity index (χ0n) is 22.0. The molecule has 3 aromatic carbocycles. The van der Waals surface area contributed by atoms with Gasteiger partial charge in [-0.25, -0.2) is 9.07 Å². The van der Waals surface area contributed by atoms with Gasteiger partial charge in [-0.2, -0.15) is 0 Å². The van der Waals surface area contributed by atoms with Gasteiger partial charge in [0.25, 0.3) is 5.91 Å². The van der Waals surface area contributed by atoms with Crippen molar-refractivity contribution in [2.45, 2.75) is 32.1 Å². The molecule has 8 heteroatoms. The molecule has 3 atom stereocenters. The lowest BCUT2D eigenvalue weighted by molar-refractivity contribution is 0.00786. The Kier molecular flexibility index (Phi) is 7.35. The summed E-state index contributed by atoms with van der Waals surface area (Å²) in [6.07, 6.45) is 1.68. The van der Waals surface area contributed by atoms with Crippen LogP contribution in [-0.4, -0.2) is 69.5 Å². The zero-order valence-corrected chi connectivity index (χ0v) is 22.0. The van der Waals surface area contributed by atoms with Gasteiger partial charge in [-0.3, -0.25) is 14.6 Å². The second-order valence-electron chi connectivity index (χ2n) is 10.0. The average molecular weight is 513 g/mol. The third kappa shape index (κ3) is 4.97. The monoisotopic (exact) mass is 512 g/mol. The van der Waals surface area contributed by atoms with Gasteiger partial charge < -0.3 is 4.90 Å². The minimum atomic E-state index is -0.382. The van der Waals surface area contributed by atoms with Crippen LogP contribution in [-0.2, 0) is 0 Å². The SMILES string of the molecule is C=CCN1CC(C)N(C(c2cccc(C(=O)N(C)c3cccc(F)c3)c2)n2nnc3ccccc32)CC1C. The van der Waals surface area contributed by atoms with Crippen molar-refractivity contribution >= 4 is 22.6 Å². The Morgan fingerprint density at radius 2 is 1.87 bits per heavy atom. The summed E-state index contributed by atoms with van der Waals surface area (Å²) >= 11 is 0. The van der Waals surface area contributed by atoms with Crippen LogP contribution in [0, 0.1) is 5.82 Å². The number of hydrogen-bond acceptors (Lipinski definition) is 5. The van der Waals surface area contributed by atoms with E-state index < -0.39 is 0 Å². The lowest BCUT2D eigenvalue weighted by Gasteiger charge is -2.47. The van der Waals surface area contributed by atoms with Crippen LogP contribution in [0.15, 0.2) is 85.5 Å². The third-order valence-electron chi connectivity index (χ3n) is 7.38. The molecule has 0 spiro atoms. The second-order valence-corrected chi connectivity index (χ2v) is 10.0. The van der Waals surface area contributed by atoms with Crippen molar-refractivity contribution < 1.29 is 9.18 Å². The van der Waals surface area contributed by atoms with Gasteiger partial charge in [0.1, 0.15) is 17.5 Å². The Labute approximate surface area is 222 Å². The number of piperazine rings is 1. The number of nitrogens with zero attached hydrogens (tertiary/aromatic N) is 6. The molecule has 1 fully saturated rings. The molecule has 3 unspecified atom stereocenters. The predicted molar refractivity (Wildman–Crippen MR) is 149 cm³/mol. The summed E-state index contributed by atoms with van der Waals surface area (Å²) in [5, 5.41) is 9.02. The highest BCUT2D eigenvalue weighted by Gasteiger charge is 2.36. The lowest BCUT2D eigenvalue weighted by Crippen LogP contribution is -2.58. The van der Waals surface area contributed by atoms with Crippen molar-refractivity contribution in [1.82, 2.24) is 24.8 Å². The first-order valence-electron chi connectivity index (χ1n) is 12.9. The first-order valence-corrected chi connectivity index (χ1v) is 12.9. The van der Waals surface area contributed by atoms with E-state index in [0.29, 0.717) is 17.3 Å². The molecule has 38 heavy (non-hydrogen) atoms. The molecule has 1 amide bonds. The van der Waals surface area contributed by atoms with Crippen LogP contribution in [0.3, 0.4) is 0 Å². The second kappa shape index (κ2) is 10.8. The summed E-state index contributed by atoms with van der Waals surface area (Å²) in [6, 6.07) is 22.2. The summed E-state index contributed by atoms with van der Waals surface area (Å²) in [5.74, 6) is -0.593. The van der Waals surface area contributed by atoms with Crippen molar-refractivity contribution in [2.75, 3.05) is 31.6 Å². The summed E-state index contributed by atoms with van der Waals surface area (Å²) in [5.41, 5.74) is 3.71. The van der Waals surface area contributed by atoms with E-state index in [-0.39, 0.29) is 23.9 Å². The number of anilines is 1. The number of rotatable bonds is 7. The van der Waals surface area contributed by atoms with Crippen LogP contribution in [0.4, 0.5) is 10.1 Å². The van der Waals surface area contributed by atoms with E-state index in [2.05, 4.69) is 40.5 Å². The number of carbonyl (C=O) groups is 1. The molecule has 0 radical (unpaired) electrons. The predicted octanol–water partition coefficient (Wildman–Crippen LogP) is 4.97. The van der Waals surface area contributed by atoms with Crippen molar-refractivity contribution in [3.05, 3.63) is 102 Å². The standard InChI is InChI=1S/C30H33FN6O/c1-5-16-35-19-22(3)36(20-21(35)2)29(37-28-15-7-6-14-27(28)32-33-37)23-10-8-11-24(17-23)30(38)34(4)26-13-9-12-25(31)18-26/h5-15,17-18,21-22,29H,1,16,19-20H2,2-4H3. The van der Waals surface area contributed by atoms with Crippen LogP contribution in [0.1, 0.15) is 35.9 Å². The fourth-order valence-electron chi connectivity index (χ4n) is 5.35. The first-order chi connectivity index (χ1) is 18.4. The van der Waals surface area contributed by atoms with Gasteiger partial charge in [0.2, 0.25) is 0 Å². The van der Waals surface area contributed by atoms with Gasteiger partial charge in [0, 0.05) is 50.0 Å². The molecule has 0 aliphatic carbocycles. The number of halogens is 1. The molecule has 1 saturated heterocycles. The van der Waals surface area contributed by atoms with E-state index in [1.807, 2.05) is 53.2 Å². The van der Waals surface area contributed by atoms with Crippen LogP contribution in [0.25, 0.3) is 11.0 Å². The molecule has 4 aromatic rings. The Bertz CT molecular complexity index is 1450.